The first kappa shape index (κ1) is 24.9. The van der Waals surface area contributed by atoms with E-state index in [1.807, 2.05) is 13.8 Å². The molecule has 0 aliphatic rings. The van der Waals surface area contributed by atoms with Gasteiger partial charge in [0.15, 0.2) is 0 Å². The minimum Gasteiger partial charge on any atom is -0.467 e. The minimum absolute atomic E-state index is 0.273. The van der Waals surface area contributed by atoms with Crippen LogP contribution in [0.2, 0.25) is 0 Å². The highest BCUT2D eigenvalue weighted by Crippen LogP contribution is 2.03. The van der Waals surface area contributed by atoms with Crippen LogP contribution in [0.1, 0.15) is 47.0 Å². The fraction of sp³-hybridized carbons (Fsp3) is 0.647. The first-order valence-corrected chi connectivity index (χ1v) is 8.16. The van der Waals surface area contributed by atoms with Crippen LogP contribution in [-0.2, 0) is 28.7 Å². The van der Waals surface area contributed by atoms with E-state index in [0.29, 0.717) is 12.8 Å². The lowest BCUT2D eigenvalue weighted by atomic mass is 10.1. The topological polar surface area (TPSA) is 111 Å². The van der Waals surface area contributed by atoms with Crippen LogP contribution >= 0.6 is 0 Å². The van der Waals surface area contributed by atoms with E-state index >= 15 is 0 Å². The van der Waals surface area contributed by atoms with Crippen molar-refractivity contribution in [2.24, 2.45) is 0 Å². The average molecular weight is 358 g/mol. The zero-order valence-electron chi connectivity index (χ0n) is 15.9. The van der Waals surface area contributed by atoms with Crippen LogP contribution in [0.3, 0.4) is 0 Å². The molecule has 0 spiro atoms. The molecule has 8 heteroatoms. The van der Waals surface area contributed by atoms with E-state index in [9.17, 15) is 19.2 Å². The van der Waals surface area contributed by atoms with Gasteiger partial charge in [-0.05, 0) is 19.3 Å². The Morgan fingerprint density at radius 1 is 0.840 bits per heavy atom. The van der Waals surface area contributed by atoms with Gasteiger partial charge in [-0.2, -0.15) is 0 Å². The van der Waals surface area contributed by atoms with E-state index in [4.69, 9.17) is 0 Å². The molecule has 0 aliphatic carbocycles. The van der Waals surface area contributed by atoms with Gasteiger partial charge in [0.1, 0.15) is 12.1 Å². The van der Waals surface area contributed by atoms with Crippen LogP contribution in [0.25, 0.3) is 0 Å². The molecule has 0 radical (unpaired) electrons. The maximum atomic E-state index is 11.5. The molecule has 0 aromatic heterocycles. The Morgan fingerprint density at radius 3 is 1.72 bits per heavy atom. The number of allylic oxidation sites excluding steroid dienone is 1. The molecule has 0 aromatic rings. The molecule has 0 fully saturated rings. The second-order valence-corrected chi connectivity index (χ2v) is 4.84. The number of amides is 2. The lowest BCUT2D eigenvalue weighted by molar-refractivity contribution is -0.145. The Hall–Kier alpha value is -2.38. The zero-order valence-corrected chi connectivity index (χ0v) is 15.9. The van der Waals surface area contributed by atoms with Gasteiger partial charge < -0.3 is 20.1 Å². The standard InChI is InChI=1S/C15H24N2O6.C2H6/c1-10(18)16-12(14(20)22-3)8-6-5-7-9-13(15(21)23-4)17-11(2)19;1-2/h5-6,12-13H,7-9H2,1-4H3,(H,16,18)(H,17,19);1-2H3/b6-5+;/t12-,13-;/m0./s1. The van der Waals surface area contributed by atoms with Gasteiger partial charge in [-0.15, -0.1) is 0 Å². The molecule has 25 heavy (non-hydrogen) atoms. The Labute approximate surface area is 149 Å². The molecule has 8 nitrogen and oxygen atoms in total. The molecule has 0 saturated heterocycles. The Kier molecular flexibility index (Phi) is 15.1. The number of hydrogen-bond donors (Lipinski definition) is 2. The van der Waals surface area contributed by atoms with Gasteiger partial charge in [0.2, 0.25) is 11.8 Å². The number of carbonyl (C=O) groups is 4. The molecule has 2 amide bonds. The van der Waals surface area contributed by atoms with Crippen molar-refractivity contribution in [2.75, 3.05) is 14.2 Å². The normalized spacial score (nSPS) is 12.2. The van der Waals surface area contributed by atoms with Gasteiger partial charge in [-0.3, -0.25) is 9.59 Å². The third-order valence-electron chi connectivity index (χ3n) is 2.89. The smallest absolute Gasteiger partial charge is 0.328 e. The maximum Gasteiger partial charge on any atom is 0.328 e. The summed E-state index contributed by atoms with van der Waals surface area (Å²) in [6, 6.07) is -1.46. The summed E-state index contributed by atoms with van der Waals surface area (Å²) in [5.74, 6) is -1.69. The molecular weight excluding hydrogens is 328 g/mol. The largest absolute Gasteiger partial charge is 0.467 e. The van der Waals surface area contributed by atoms with E-state index in [1.165, 1.54) is 28.1 Å². The van der Waals surface area contributed by atoms with Gasteiger partial charge in [0, 0.05) is 13.8 Å². The predicted octanol–water partition coefficient (Wildman–Crippen LogP) is 1.09. The minimum atomic E-state index is -0.750. The molecule has 2 N–H and O–H groups in total. The van der Waals surface area contributed by atoms with Crippen molar-refractivity contribution in [3.05, 3.63) is 12.2 Å². The predicted molar refractivity (Wildman–Crippen MR) is 93.6 cm³/mol. The molecule has 0 saturated carbocycles. The van der Waals surface area contributed by atoms with Crippen molar-refractivity contribution in [1.29, 1.82) is 0 Å². The summed E-state index contributed by atoms with van der Waals surface area (Å²) in [5.41, 5.74) is 0. The Bertz CT molecular complexity index is 462. The van der Waals surface area contributed by atoms with Crippen molar-refractivity contribution in [3.63, 3.8) is 0 Å². The van der Waals surface area contributed by atoms with Gasteiger partial charge in [-0.25, -0.2) is 9.59 Å². The lowest BCUT2D eigenvalue weighted by Crippen LogP contribution is -2.40. The number of ether oxygens (including phenoxy) is 2. The molecular formula is C17H30N2O6. The van der Waals surface area contributed by atoms with Crippen LogP contribution in [0.15, 0.2) is 12.2 Å². The molecule has 0 aromatic carbocycles. The van der Waals surface area contributed by atoms with E-state index in [-0.39, 0.29) is 18.2 Å². The third kappa shape index (κ3) is 12.7. The van der Waals surface area contributed by atoms with Gasteiger partial charge >= 0.3 is 11.9 Å². The molecule has 0 heterocycles. The fourth-order valence-corrected chi connectivity index (χ4v) is 1.85. The quantitative estimate of drug-likeness (QED) is 0.471. The van der Waals surface area contributed by atoms with Gasteiger partial charge in [-0.1, -0.05) is 26.0 Å². The molecule has 0 aliphatic heterocycles. The summed E-state index contributed by atoms with van der Waals surface area (Å²) >= 11 is 0. The summed E-state index contributed by atoms with van der Waals surface area (Å²) < 4.78 is 9.21. The number of esters is 2. The van der Waals surface area contributed by atoms with Crippen LogP contribution in [0.5, 0.6) is 0 Å². The first-order chi connectivity index (χ1) is 11.8. The third-order valence-corrected chi connectivity index (χ3v) is 2.89. The fourth-order valence-electron chi connectivity index (χ4n) is 1.85. The first-order valence-electron chi connectivity index (χ1n) is 8.16. The van der Waals surface area contributed by atoms with E-state index in [2.05, 4.69) is 20.1 Å². The summed E-state index contributed by atoms with van der Waals surface area (Å²) in [6.45, 7) is 6.63. The number of nitrogens with one attached hydrogen (secondary N) is 2. The number of carbonyl (C=O) groups excluding carboxylic acids is 4. The number of methoxy groups -OCH3 is 2. The Morgan fingerprint density at radius 2 is 1.28 bits per heavy atom. The molecule has 0 rings (SSSR count). The number of hydrogen-bond acceptors (Lipinski definition) is 6. The molecule has 0 unspecified atom stereocenters. The summed E-state index contributed by atoms with van der Waals surface area (Å²) in [6.07, 6.45) is 4.60. The summed E-state index contributed by atoms with van der Waals surface area (Å²) in [7, 11) is 2.50. The Balaban J connectivity index is 0. The van der Waals surface area contributed by atoms with Crippen LogP contribution in [0, 0.1) is 0 Å². The van der Waals surface area contributed by atoms with Crippen molar-refractivity contribution in [2.45, 2.75) is 59.0 Å². The van der Waals surface area contributed by atoms with Crippen LogP contribution in [0.4, 0.5) is 0 Å². The van der Waals surface area contributed by atoms with Gasteiger partial charge in [0.25, 0.3) is 0 Å². The zero-order chi connectivity index (χ0) is 19.8. The van der Waals surface area contributed by atoms with Crippen molar-refractivity contribution < 1.29 is 28.7 Å². The van der Waals surface area contributed by atoms with Gasteiger partial charge in [0.05, 0.1) is 14.2 Å². The SMILES string of the molecule is CC.COC(=O)[C@H](C/C=C/CC[C@H](NC(C)=O)C(=O)OC)NC(C)=O. The lowest BCUT2D eigenvalue weighted by Gasteiger charge is -2.14. The second-order valence-electron chi connectivity index (χ2n) is 4.84. The molecule has 0 bridgehead atoms. The maximum absolute atomic E-state index is 11.5. The average Bonchev–Trinajstić information content (AvgIpc) is 2.59. The monoisotopic (exact) mass is 358 g/mol. The number of rotatable bonds is 9. The molecule has 144 valence electrons. The van der Waals surface area contributed by atoms with Crippen molar-refractivity contribution in [3.8, 4) is 0 Å². The van der Waals surface area contributed by atoms with E-state index in [1.54, 1.807) is 12.2 Å². The van der Waals surface area contributed by atoms with E-state index in [0.717, 1.165) is 0 Å². The molecule has 2 atom stereocenters. The second kappa shape index (κ2) is 15.2. The van der Waals surface area contributed by atoms with E-state index < -0.39 is 24.0 Å². The van der Waals surface area contributed by atoms with Crippen molar-refractivity contribution >= 4 is 23.8 Å². The summed E-state index contributed by atoms with van der Waals surface area (Å²) in [5, 5.41) is 4.99. The highest BCUT2D eigenvalue weighted by Gasteiger charge is 2.20. The van der Waals surface area contributed by atoms with Crippen LogP contribution < -0.4 is 10.6 Å². The highest BCUT2D eigenvalue weighted by molar-refractivity contribution is 5.83. The van der Waals surface area contributed by atoms with Crippen molar-refractivity contribution in [1.82, 2.24) is 10.6 Å². The highest BCUT2D eigenvalue weighted by atomic mass is 16.5. The van der Waals surface area contributed by atoms with Crippen LogP contribution in [-0.4, -0.2) is 50.1 Å². The summed E-state index contributed by atoms with van der Waals surface area (Å²) in [4.78, 5) is 45.1.